The normalized spacial score (nSPS) is 17.0. The van der Waals surface area contributed by atoms with E-state index >= 15 is 0 Å². The van der Waals surface area contributed by atoms with E-state index in [9.17, 15) is 4.79 Å². The minimum Gasteiger partial charge on any atom is -0.351 e. The highest BCUT2D eigenvalue weighted by atomic mass is 16.1. The van der Waals surface area contributed by atoms with E-state index in [-0.39, 0.29) is 11.3 Å². The molecule has 25 heavy (non-hydrogen) atoms. The second kappa shape index (κ2) is 8.84. The third kappa shape index (κ3) is 4.94. The van der Waals surface area contributed by atoms with Crippen LogP contribution in [0.5, 0.6) is 0 Å². The van der Waals surface area contributed by atoms with E-state index in [0.717, 1.165) is 24.8 Å². The average molecular weight is 338 g/mol. The van der Waals surface area contributed by atoms with Crippen molar-refractivity contribution in [2.24, 2.45) is 0 Å². The second-order valence-corrected chi connectivity index (χ2v) is 7.13. The van der Waals surface area contributed by atoms with Gasteiger partial charge in [0.25, 0.3) is 5.91 Å². The van der Waals surface area contributed by atoms with Gasteiger partial charge in [-0.05, 0) is 44.7 Å². The van der Waals surface area contributed by atoms with Crippen molar-refractivity contribution in [1.82, 2.24) is 5.32 Å². The van der Waals surface area contributed by atoms with Gasteiger partial charge in [-0.3, -0.25) is 4.79 Å². The Hall–Kier alpha value is -2.09. The lowest BCUT2D eigenvalue weighted by Crippen LogP contribution is -2.39. The van der Waals surface area contributed by atoms with Gasteiger partial charge in [0.15, 0.2) is 0 Å². The van der Waals surface area contributed by atoms with Crippen molar-refractivity contribution in [3.8, 4) is 0 Å². The Morgan fingerprint density at radius 3 is 2.40 bits per heavy atom. The zero-order valence-corrected chi connectivity index (χ0v) is 15.9. The van der Waals surface area contributed by atoms with Crippen LogP contribution < -0.4 is 5.32 Å². The maximum Gasteiger partial charge on any atom is 0.250 e. The minimum atomic E-state index is 0.000963. The summed E-state index contributed by atoms with van der Waals surface area (Å²) in [5.74, 6) is 0.000963. The summed E-state index contributed by atoms with van der Waals surface area (Å²) in [6.07, 6.45) is 11.3. The van der Waals surface area contributed by atoms with Crippen molar-refractivity contribution < 1.29 is 4.79 Å². The van der Waals surface area contributed by atoms with Gasteiger partial charge in [-0.15, -0.1) is 0 Å². The molecule has 0 radical (unpaired) electrons. The third-order valence-electron chi connectivity index (χ3n) is 5.34. The quantitative estimate of drug-likeness (QED) is 0.524. The largest absolute Gasteiger partial charge is 0.351 e. The number of hydrogen-bond donors (Lipinski definition) is 1. The number of amides is 1. The molecular weight excluding hydrogens is 306 g/mol. The van der Waals surface area contributed by atoms with Crippen LogP contribution in [0.2, 0.25) is 0 Å². The van der Waals surface area contributed by atoms with E-state index in [1.54, 1.807) is 0 Å². The molecule has 1 amide bonds. The van der Waals surface area contributed by atoms with Crippen LogP contribution in [0, 0.1) is 6.92 Å². The zero-order valence-electron chi connectivity index (χ0n) is 15.9. The van der Waals surface area contributed by atoms with Crippen molar-refractivity contribution in [3.63, 3.8) is 0 Å². The highest BCUT2D eigenvalue weighted by molar-refractivity contribution is 5.96. The summed E-state index contributed by atoms with van der Waals surface area (Å²) in [4.78, 5) is 12.6. The van der Waals surface area contributed by atoms with Gasteiger partial charge >= 0.3 is 0 Å². The molecule has 0 aliphatic heterocycles. The number of aryl methyl sites for hydroxylation is 1. The number of allylic oxidation sites excluding steroid dienone is 3. The molecular formula is C23H31NO. The molecule has 1 saturated carbocycles. The summed E-state index contributed by atoms with van der Waals surface area (Å²) in [6, 6.07) is 8.81. The van der Waals surface area contributed by atoms with E-state index < -0.39 is 0 Å². The van der Waals surface area contributed by atoms with E-state index in [4.69, 9.17) is 0 Å². The van der Waals surface area contributed by atoms with E-state index in [0.29, 0.717) is 12.1 Å². The number of carbonyl (C=O) groups excluding carboxylic acids is 1. The summed E-state index contributed by atoms with van der Waals surface area (Å²) in [5, 5.41) is 3.18. The molecule has 0 spiro atoms. The predicted octanol–water partition coefficient (Wildman–Crippen LogP) is 5.39. The van der Waals surface area contributed by atoms with Crippen molar-refractivity contribution >= 4 is 5.91 Å². The fourth-order valence-corrected chi connectivity index (χ4v) is 3.51. The van der Waals surface area contributed by atoms with Gasteiger partial charge in [-0.1, -0.05) is 73.9 Å². The smallest absolute Gasteiger partial charge is 0.250 e. The molecule has 0 aromatic heterocycles. The summed E-state index contributed by atoms with van der Waals surface area (Å²) in [7, 11) is 0. The van der Waals surface area contributed by atoms with Crippen molar-refractivity contribution in [3.05, 3.63) is 71.3 Å². The van der Waals surface area contributed by atoms with Gasteiger partial charge in [0.1, 0.15) is 0 Å². The monoisotopic (exact) mass is 337 g/mol. The molecule has 2 rings (SSSR count). The first-order chi connectivity index (χ1) is 12.0. The van der Waals surface area contributed by atoms with Crippen LogP contribution in [0.4, 0.5) is 0 Å². The van der Waals surface area contributed by atoms with Crippen LogP contribution in [0.15, 0.2) is 60.2 Å². The molecule has 1 aromatic rings. The van der Waals surface area contributed by atoms with Gasteiger partial charge in [0.2, 0.25) is 0 Å². The fraction of sp³-hybridized carbons (Fsp3) is 0.435. The van der Waals surface area contributed by atoms with Gasteiger partial charge in [0.05, 0.1) is 0 Å². The molecule has 1 N–H and O–H groups in total. The molecule has 1 aliphatic carbocycles. The lowest BCUT2D eigenvalue weighted by molar-refractivity contribution is -0.117. The Morgan fingerprint density at radius 2 is 1.84 bits per heavy atom. The number of benzene rings is 1. The molecule has 1 aliphatic rings. The molecule has 1 aromatic carbocycles. The van der Waals surface area contributed by atoms with Crippen molar-refractivity contribution in [2.75, 3.05) is 6.54 Å². The van der Waals surface area contributed by atoms with E-state index in [1.165, 1.54) is 24.0 Å². The molecule has 0 bridgehead atoms. The lowest BCUT2D eigenvalue weighted by atomic mass is 9.78. The first-order valence-electron chi connectivity index (χ1n) is 9.38. The van der Waals surface area contributed by atoms with Crippen LogP contribution in [0.1, 0.15) is 57.1 Å². The molecule has 0 unspecified atom stereocenters. The van der Waals surface area contributed by atoms with Crippen LogP contribution in [-0.4, -0.2) is 12.5 Å². The second-order valence-electron chi connectivity index (χ2n) is 7.13. The summed E-state index contributed by atoms with van der Waals surface area (Å²) in [5.41, 5.74) is 4.44. The molecule has 1 fully saturated rings. The minimum absolute atomic E-state index is 0.000963. The standard InChI is InChI=1S/C23H31NO/c1-5-18(3)9-12-20(6-2)22(25)24-17-23(15-7-8-16-23)21-13-10-19(4)11-14-21/h6,9-14H,3,5,7-8,15-17H2,1-2,4H3,(H,24,25)/b12-9-,20-6+. The number of carbonyl (C=O) groups is 1. The number of nitrogens with one attached hydrogen (secondary N) is 1. The van der Waals surface area contributed by atoms with Crippen LogP contribution >= 0.6 is 0 Å². The molecule has 0 heterocycles. The molecule has 0 saturated heterocycles. The first kappa shape index (κ1) is 19.2. The van der Waals surface area contributed by atoms with Crippen molar-refractivity contribution in [2.45, 2.75) is 58.3 Å². The maximum atomic E-state index is 12.6. The number of rotatable bonds is 7. The zero-order chi connectivity index (χ0) is 18.3. The van der Waals surface area contributed by atoms with Gasteiger partial charge in [-0.2, -0.15) is 0 Å². The van der Waals surface area contributed by atoms with Gasteiger partial charge in [-0.25, -0.2) is 0 Å². The highest BCUT2D eigenvalue weighted by Crippen LogP contribution is 2.40. The van der Waals surface area contributed by atoms with Crippen LogP contribution in [0.3, 0.4) is 0 Å². The van der Waals surface area contributed by atoms with E-state index in [1.807, 2.05) is 25.2 Å². The highest BCUT2D eigenvalue weighted by Gasteiger charge is 2.35. The fourth-order valence-electron chi connectivity index (χ4n) is 3.51. The topological polar surface area (TPSA) is 29.1 Å². The Balaban J connectivity index is 2.08. The first-order valence-corrected chi connectivity index (χ1v) is 9.38. The Morgan fingerprint density at radius 1 is 1.20 bits per heavy atom. The van der Waals surface area contributed by atoms with Gasteiger partial charge < -0.3 is 5.32 Å². The summed E-state index contributed by atoms with van der Waals surface area (Å²) in [6.45, 7) is 10.7. The van der Waals surface area contributed by atoms with Crippen LogP contribution in [-0.2, 0) is 10.2 Å². The summed E-state index contributed by atoms with van der Waals surface area (Å²) < 4.78 is 0. The predicted molar refractivity (Wildman–Crippen MR) is 107 cm³/mol. The van der Waals surface area contributed by atoms with E-state index in [2.05, 4.69) is 50.0 Å². The third-order valence-corrected chi connectivity index (χ3v) is 5.34. The Labute approximate surface area is 152 Å². The Kier molecular flexibility index (Phi) is 6.81. The van der Waals surface area contributed by atoms with Crippen molar-refractivity contribution in [1.29, 1.82) is 0 Å². The Bertz CT molecular complexity index is 658. The van der Waals surface area contributed by atoms with Gasteiger partial charge in [0, 0.05) is 17.5 Å². The van der Waals surface area contributed by atoms with Crippen LogP contribution in [0.25, 0.3) is 0 Å². The number of hydrogen-bond acceptors (Lipinski definition) is 1. The summed E-state index contributed by atoms with van der Waals surface area (Å²) >= 11 is 0. The maximum absolute atomic E-state index is 12.6. The molecule has 0 atom stereocenters. The lowest BCUT2D eigenvalue weighted by Gasteiger charge is -2.30. The average Bonchev–Trinajstić information content (AvgIpc) is 3.11. The SMILES string of the molecule is C=C(/C=C\C(=C/C)C(=O)NCC1(c2ccc(C)cc2)CCCC1)CC. The molecule has 2 nitrogen and oxygen atoms in total. The molecule has 2 heteroatoms. The molecule has 134 valence electrons.